The van der Waals surface area contributed by atoms with Crippen LogP contribution >= 0.6 is 22.9 Å². The topological polar surface area (TPSA) is 47.5 Å². The predicted molar refractivity (Wildman–Crippen MR) is 128 cm³/mol. The summed E-state index contributed by atoms with van der Waals surface area (Å²) in [6.45, 7) is 1.89. The van der Waals surface area contributed by atoms with E-state index in [0.29, 0.717) is 20.1 Å². The van der Waals surface area contributed by atoms with E-state index >= 15 is 0 Å². The Bertz CT molecular complexity index is 1570. The molecule has 158 valence electrons. The van der Waals surface area contributed by atoms with Crippen molar-refractivity contribution in [3.8, 4) is 0 Å². The van der Waals surface area contributed by atoms with E-state index in [1.807, 2.05) is 54.0 Å². The van der Waals surface area contributed by atoms with E-state index in [-0.39, 0.29) is 11.6 Å². The lowest BCUT2D eigenvalue weighted by Gasteiger charge is -2.30. The average Bonchev–Trinajstić information content (AvgIpc) is 3.35. The van der Waals surface area contributed by atoms with Crippen LogP contribution in [0.15, 0.2) is 80.4 Å². The van der Waals surface area contributed by atoms with Crippen LogP contribution in [-0.4, -0.2) is 4.57 Å². The van der Waals surface area contributed by atoms with Crippen molar-refractivity contribution >= 4 is 34.7 Å². The SMILES string of the molecule is Cc1ccc(C=c2sc3n(c2=O)C(c2ccc(Cl)cc2)C2=C(N=3)c3ccccc3CC2)o1. The van der Waals surface area contributed by atoms with Gasteiger partial charge in [0.1, 0.15) is 11.5 Å². The second-order valence-electron chi connectivity index (χ2n) is 8.11. The van der Waals surface area contributed by atoms with E-state index in [4.69, 9.17) is 21.0 Å². The third-order valence-electron chi connectivity index (χ3n) is 6.09. The van der Waals surface area contributed by atoms with Gasteiger partial charge >= 0.3 is 0 Å². The number of aryl methyl sites for hydroxylation is 2. The van der Waals surface area contributed by atoms with E-state index in [2.05, 4.69) is 24.3 Å². The Labute approximate surface area is 193 Å². The maximum absolute atomic E-state index is 13.6. The summed E-state index contributed by atoms with van der Waals surface area (Å²) in [5.41, 5.74) is 5.63. The molecule has 0 saturated heterocycles. The summed E-state index contributed by atoms with van der Waals surface area (Å²) >= 11 is 7.58. The second-order valence-corrected chi connectivity index (χ2v) is 9.56. The van der Waals surface area contributed by atoms with Crippen molar-refractivity contribution in [2.75, 3.05) is 0 Å². The average molecular weight is 459 g/mol. The molecule has 1 unspecified atom stereocenters. The highest BCUT2D eigenvalue weighted by atomic mass is 35.5. The number of benzene rings is 2. The van der Waals surface area contributed by atoms with Crippen molar-refractivity contribution in [2.24, 2.45) is 4.99 Å². The molecule has 2 aromatic carbocycles. The zero-order valence-corrected chi connectivity index (χ0v) is 18.9. The summed E-state index contributed by atoms with van der Waals surface area (Å²) in [6.07, 6.45) is 3.61. The van der Waals surface area contributed by atoms with Crippen molar-refractivity contribution in [2.45, 2.75) is 25.8 Å². The van der Waals surface area contributed by atoms with E-state index in [1.54, 1.807) is 0 Å². The van der Waals surface area contributed by atoms with Gasteiger partial charge in [0.15, 0.2) is 4.80 Å². The standard InChI is InChI=1S/C26H19ClN2O2S/c1-15-6-12-19(31-15)14-22-25(30)29-24(17-7-10-18(27)11-8-17)21-13-9-16-4-2-3-5-20(16)23(21)28-26(29)32-22/h2-8,10-12,14,24H,9,13H2,1H3. The lowest BCUT2D eigenvalue weighted by atomic mass is 9.83. The minimum absolute atomic E-state index is 0.0480. The number of nitrogens with zero attached hydrogens (tertiary/aromatic N) is 2. The van der Waals surface area contributed by atoms with Crippen LogP contribution < -0.4 is 14.9 Å². The largest absolute Gasteiger partial charge is 0.462 e. The molecular weight excluding hydrogens is 440 g/mol. The van der Waals surface area contributed by atoms with Gasteiger partial charge in [-0.2, -0.15) is 0 Å². The van der Waals surface area contributed by atoms with Crippen LogP contribution in [0.25, 0.3) is 11.8 Å². The molecule has 4 nitrogen and oxygen atoms in total. The fourth-order valence-corrected chi connectivity index (χ4v) is 5.73. The van der Waals surface area contributed by atoms with E-state index in [0.717, 1.165) is 35.4 Å². The summed E-state index contributed by atoms with van der Waals surface area (Å²) < 4.78 is 8.14. The molecule has 0 bridgehead atoms. The predicted octanol–water partition coefficient (Wildman–Crippen LogP) is 4.87. The first-order valence-corrected chi connectivity index (χ1v) is 11.7. The third-order valence-corrected chi connectivity index (χ3v) is 7.33. The Morgan fingerprint density at radius 1 is 1.09 bits per heavy atom. The number of hydrogen-bond donors (Lipinski definition) is 0. The molecule has 1 atom stereocenters. The third kappa shape index (κ3) is 3.12. The Kier molecular flexibility index (Phi) is 4.56. The van der Waals surface area contributed by atoms with Crippen molar-refractivity contribution in [1.82, 2.24) is 4.57 Å². The Morgan fingerprint density at radius 2 is 1.91 bits per heavy atom. The molecule has 0 radical (unpaired) electrons. The number of rotatable bonds is 2. The number of fused-ring (bicyclic) bond motifs is 3. The number of aromatic nitrogens is 1. The van der Waals surface area contributed by atoms with Crippen molar-refractivity contribution in [3.05, 3.63) is 119 Å². The minimum atomic E-state index is -0.202. The summed E-state index contributed by atoms with van der Waals surface area (Å²) in [5.74, 6) is 1.49. The zero-order chi connectivity index (χ0) is 21.8. The summed E-state index contributed by atoms with van der Waals surface area (Å²) in [5, 5.41) is 0.678. The quantitative estimate of drug-likeness (QED) is 0.430. The van der Waals surface area contributed by atoms with Crippen LogP contribution in [0, 0.1) is 6.92 Å². The monoisotopic (exact) mass is 458 g/mol. The van der Waals surface area contributed by atoms with Gasteiger partial charge in [-0.1, -0.05) is 59.3 Å². The van der Waals surface area contributed by atoms with E-state index < -0.39 is 0 Å². The number of hydrogen-bond acceptors (Lipinski definition) is 4. The second kappa shape index (κ2) is 7.47. The molecule has 0 saturated carbocycles. The lowest BCUT2D eigenvalue weighted by molar-refractivity contribution is 0.524. The molecule has 0 N–H and O–H groups in total. The normalized spacial score (nSPS) is 17.6. The molecule has 0 fully saturated rings. The summed E-state index contributed by atoms with van der Waals surface area (Å²) in [4.78, 5) is 19.3. The van der Waals surface area contributed by atoms with Gasteiger partial charge in [0.2, 0.25) is 0 Å². The molecule has 6 heteroatoms. The van der Waals surface area contributed by atoms with Crippen LogP contribution in [-0.2, 0) is 6.42 Å². The maximum atomic E-state index is 13.6. The first kappa shape index (κ1) is 19.5. The maximum Gasteiger partial charge on any atom is 0.271 e. The molecule has 32 heavy (non-hydrogen) atoms. The minimum Gasteiger partial charge on any atom is -0.462 e. The highest BCUT2D eigenvalue weighted by molar-refractivity contribution is 7.07. The van der Waals surface area contributed by atoms with Crippen LogP contribution in [0.5, 0.6) is 0 Å². The van der Waals surface area contributed by atoms with Gasteiger partial charge in [-0.15, -0.1) is 0 Å². The van der Waals surface area contributed by atoms with Crippen LogP contribution in [0.3, 0.4) is 0 Å². The molecule has 3 heterocycles. The lowest BCUT2D eigenvalue weighted by Crippen LogP contribution is -2.38. The van der Waals surface area contributed by atoms with Gasteiger partial charge in [-0.3, -0.25) is 9.36 Å². The first-order chi connectivity index (χ1) is 15.6. The molecule has 1 aliphatic carbocycles. The molecule has 2 aromatic heterocycles. The Morgan fingerprint density at radius 3 is 2.69 bits per heavy atom. The van der Waals surface area contributed by atoms with Gasteiger partial charge in [-0.05, 0) is 60.7 Å². The van der Waals surface area contributed by atoms with Gasteiger partial charge < -0.3 is 4.42 Å². The number of halogens is 1. The Balaban J connectivity index is 1.64. The highest BCUT2D eigenvalue weighted by Gasteiger charge is 2.32. The van der Waals surface area contributed by atoms with Gasteiger partial charge in [-0.25, -0.2) is 4.99 Å². The van der Waals surface area contributed by atoms with Crippen molar-refractivity contribution in [1.29, 1.82) is 0 Å². The molecular formula is C26H19ClN2O2S. The molecule has 0 amide bonds. The van der Waals surface area contributed by atoms with Gasteiger partial charge in [0, 0.05) is 16.7 Å². The molecule has 6 rings (SSSR count). The zero-order valence-electron chi connectivity index (χ0n) is 17.3. The van der Waals surface area contributed by atoms with Crippen LogP contribution in [0.2, 0.25) is 5.02 Å². The van der Waals surface area contributed by atoms with Gasteiger partial charge in [0.25, 0.3) is 5.56 Å². The Hall–Kier alpha value is -3.15. The summed E-state index contributed by atoms with van der Waals surface area (Å²) in [7, 11) is 0. The molecule has 1 aliphatic heterocycles. The number of thiazole rings is 1. The highest BCUT2D eigenvalue weighted by Crippen LogP contribution is 2.41. The van der Waals surface area contributed by atoms with E-state index in [1.165, 1.54) is 22.5 Å². The number of furan rings is 1. The van der Waals surface area contributed by atoms with E-state index in [9.17, 15) is 4.79 Å². The first-order valence-electron chi connectivity index (χ1n) is 10.5. The molecule has 4 aromatic rings. The van der Waals surface area contributed by atoms with Gasteiger partial charge in [0.05, 0.1) is 16.3 Å². The van der Waals surface area contributed by atoms with Crippen molar-refractivity contribution in [3.63, 3.8) is 0 Å². The van der Waals surface area contributed by atoms with Crippen molar-refractivity contribution < 1.29 is 4.42 Å². The van der Waals surface area contributed by atoms with Crippen LogP contribution in [0.4, 0.5) is 0 Å². The smallest absolute Gasteiger partial charge is 0.271 e. The summed E-state index contributed by atoms with van der Waals surface area (Å²) in [6, 6.07) is 19.8. The fraction of sp³-hybridized carbons (Fsp3) is 0.154. The molecule has 0 spiro atoms. The molecule has 2 aliphatic rings. The van der Waals surface area contributed by atoms with Crippen LogP contribution in [0.1, 0.15) is 40.7 Å². The fourth-order valence-electron chi connectivity index (χ4n) is 4.63. The number of allylic oxidation sites excluding steroid dienone is 1.